The Morgan fingerprint density at radius 3 is 2.70 bits per heavy atom. The van der Waals surface area contributed by atoms with Gasteiger partial charge in [0.05, 0.1) is 17.3 Å². The van der Waals surface area contributed by atoms with Crippen molar-refractivity contribution in [3.05, 3.63) is 57.7 Å². The summed E-state index contributed by atoms with van der Waals surface area (Å²) in [6.45, 7) is 5.24. The van der Waals surface area contributed by atoms with Crippen LogP contribution in [0.2, 0.25) is 10.0 Å². The number of aryl methyl sites for hydroxylation is 2. The number of nitrogens with one attached hydrogen (secondary N) is 1. The van der Waals surface area contributed by atoms with Crippen LogP contribution in [0.15, 0.2) is 36.4 Å². The second-order valence-corrected chi connectivity index (χ2v) is 8.27. The van der Waals surface area contributed by atoms with Crippen LogP contribution in [0, 0.1) is 6.92 Å². The fourth-order valence-electron chi connectivity index (χ4n) is 4.02. The number of hydrogen-bond acceptors (Lipinski definition) is 3. The van der Waals surface area contributed by atoms with Crippen LogP contribution in [0.5, 0.6) is 5.75 Å². The molecule has 0 aliphatic rings. The Balaban J connectivity index is 1.99. The summed E-state index contributed by atoms with van der Waals surface area (Å²) in [5.41, 5.74) is 11.8. The Morgan fingerprint density at radius 1 is 1.10 bits per heavy atom. The molecule has 2 aromatic carbocycles. The highest BCUT2D eigenvalue weighted by Gasteiger charge is 2.19. The average molecular weight is 442 g/mol. The van der Waals surface area contributed by atoms with Gasteiger partial charge in [0.15, 0.2) is 0 Å². The van der Waals surface area contributed by atoms with E-state index in [0.29, 0.717) is 23.2 Å². The highest BCUT2D eigenvalue weighted by atomic mass is 35.5. The van der Waals surface area contributed by atoms with Gasteiger partial charge < -0.3 is 15.5 Å². The lowest BCUT2D eigenvalue weighted by molar-refractivity contribution is 0.343. The summed E-state index contributed by atoms with van der Waals surface area (Å²) in [5.74, 6) is 0.793. The molecule has 6 heteroatoms. The van der Waals surface area contributed by atoms with E-state index in [1.807, 2.05) is 32.0 Å². The summed E-state index contributed by atoms with van der Waals surface area (Å²) < 4.78 is 5.84. The molecular weight excluding hydrogens is 417 g/mol. The Labute approximate surface area is 186 Å². The molecular formula is C24H25Cl2N3O. The number of aromatic nitrogens is 2. The molecule has 156 valence electrons. The van der Waals surface area contributed by atoms with Gasteiger partial charge >= 0.3 is 0 Å². The summed E-state index contributed by atoms with van der Waals surface area (Å²) in [6, 6.07) is 12.0. The topological polar surface area (TPSA) is 63.9 Å². The molecule has 0 aliphatic heterocycles. The molecule has 0 saturated carbocycles. The maximum absolute atomic E-state index is 6.63. The number of aromatic amines is 1. The number of benzene rings is 2. The predicted molar refractivity (Wildman–Crippen MR) is 127 cm³/mol. The van der Waals surface area contributed by atoms with E-state index in [4.69, 9.17) is 38.7 Å². The average Bonchev–Trinajstić information content (AvgIpc) is 3.07. The van der Waals surface area contributed by atoms with E-state index in [2.05, 4.69) is 17.1 Å². The number of nitrogens with two attached hydrogens (primary N) is 1. The maximum Gasteiger partial charge on any atom is 0.145 e. The van der Waals surface area contributed by atoms with Crippen LogP contribution in [0.25, 0.3) is 33.1 Å². The quantitative estimate of drug-likeness (QED) is 0.314. The van der Waals surface area contributed by atoms with E-state index in [0.717, 1.165) is 63.8 Å². The highest BCUT2D eigenvalue weighted by molar-refractivity contribution is 6.39. The molecule has 4 rings (SSSR count). The first-order chi connectivity index (χ1) is 14.5. The Kier molecular flexibility index (Phi) is 6.19. The van der Waals surface area contributed by atoms with Gasteiger partial charge in [-0.1, -0.05) is 29.3 Å². The Hall–Kier alpha value is -2.27. The highest BCUT2D eigenvalue weighted by Crippen LogP contribution is 2.41. The molecule has 0 saturated heterocycles. The first-order valence-electron chi connectivity index (χ1n) is 10.3. The number of nitrogens with zero attached hydrogens (tertiary/aromatic N) is 1. The monoisotopic (exact) mass is 441 g/mol. The first-order valence-corrected chi connectivity index (χ1v) is 11.0. The van der Waals surface area contributed by atoms with E-state index in [1.54, 1.807) is 6.07 Å². The molecule has 3 N–H and O–H groups in total. The minimum Gasteiger partial charge on any atom is -0.492 e. The second-order valence-electron chi connectivity index (χ2n) is 7.43. The molecule has 0 spiro atoms. The van der Waals surface area contributed by atoms with Crippen molar-refractivity contribution >= 4 is 45.0 Å². The van der Waals surface area contributed by atoms with Gasteiger partial charge in [-0.2, -0.15) is 0 Å². The number of fused-ring (bicyclic) bond motifs is 2. The van der Waals surface area contributed by atoms with E-state index in [-0.39, 0.29) is 0 Å². The largest absolute Gasteiger partial charge is 0.492 e. The number of pyridine rings is 1. The van der Waals surface area contributed by atoms with Crippen LogP contribution in [0.3, 0.4) is 0 Å². The van der Waals surface area contributed by atoms with Crippen LogP contribution in [-0.2, 0) is 6.42 Å². The van der Waals surface area contributed by atoms with Gasteiger partial charge in [0.2, 0.25) is 0 Å². The van der Waals surface area contributed by atoms with Crippen LogP contribution in [0.4, 0.5) is 0 Å². The molecule has 4 aromatic rings. The van der Waals surface area contributed by atoms with E-state index in [9.17, 15) is 0 Å². The van der Waals surface area contributed by atoms with Gasteiger partial charge in [0.1, 0.15) is 11.3 Å². The van der Waals surface area contributed by atoms with Gasteiger partial charge in [-0.25, -0.2) is 4.98 Å². The molecule has 2 aromatic heterocycles. The lowest BCUT2D eigenvalue weighted by Crippen LogP contribution is -2.00. The van der Waals surface area contributed by atoms with E-state index in [1.165, 1.54) is 5.56 Å². The zero-order chi connectivity index (χ0) is 21.3. The predicted octanol–water partition coefficient (Wildman–Crippen LogP) is 6.68. The van der Waals surface area contributed by atoms with Gasteiger partial charge in [-0.15, -0.1) is 0 Å². The zero-order valence-corrected chi connectivity index (χ0v) is 18.7. The molecule has 2 heterocycles. The van der Waals surface area contributed by atoms with Crippen molar-refractivity contribution in [3.63, 3.8) is 0 Å². The Bertz CT molecular complexity index is 1220. The van der Waals surface area contributed by atoms with Gasteiger partial charge in [0.25, 0.3) is 0 Å². The number of ether oxygens (including phenoxy) is 1. The van der Waals surface area contributed by atoms with Crippen molar-refractivity contribution in [2.75, 3.05) is 13.2 Å². The SMILES string of the molecule is CCOc1ccc(-c2[nH]c3cc(Cl)cc(Cl)c3c2CCCCN)c2ccc(C)nc12. The minimum atomic E-state index is 0.592. The maximum atomic E-state index is 6.63. The molecule has 0 unspecified atom stereocenters. The van der Waals surface area contributed by atoms with Crippen LogP contribution < -0.4 is 10.5 Å². The van der Waals surface area contributed by atoms with Crippen LogP contribution >= 0.6 is 23.2 Å². The van der Waals surface area contributed by atoms with Crippen LogP contribution in [0.1, 0.15) is 31.0 Å². The molecule has 0 fully saturated rings. The third-order valence-corrected chi connectivity index (χ3v) is 5.84. The van der Waals surface area contributed by atoms with Crippen molar-refractivity contribution < 1.29 is 4.74 Å². The summed E-state index contributed by atoms with van der Waals surface area (Å²) >= 11 is 12.9. The normalized spacial score (nSPS) is 11.5. The fraction of sp³-hybridized carbons (Fsp3) is 0.292. The summed E-state index contributed by atoms with van der Waals surface area (Å²) in [6.07, 6.45) is 2.83. The summed E-state index contributed by atoms with van der Waals surface area (Å²) in [7, 11) is 0. The van der Waals surface area contributed by atoms with Crippen molar-refractivity contribution in [3.8, 4) is 17.0 Å². The number of hydrogen-bond donors (Lipinski definition) is 2. The third-order valence-electron chi connectivity index (χ3n) is 5.33. The standard InChI is InChI=1S/C24H25Cl2N3O/c1-3-30-21-10-9-16(17-8-7-14(2)28-24(17)21)23-18(6-4-5-11-27)22-19(26)12-15(25)13-20(22)29-23/h7-10,12-13,29H,3-6,11,27H2,1-2H3. The van der Waals surface area contributed by atoms with Gasteiger partial charge in [0, 0.05) is 32.6 Å². The van der Waals surface area contributed by atoms with E-state index >= 15 is 0 Å². The molecule has 0 atom stereocenters. The van der Waals surface area contributed by atoms with Crippen molar-refractivity contribution in [1.29, 1.82) is 0 Å². The van der Waals surface area contributed by atoms with E-state index < -0.39 is 0 Å². The molecule has 0 radical (unpaired) electrons. The number of unbranched alkanes of at least 4 members (excludes halogenated alkanes) is 1. The lowest BCUT2D eigenvalue weighted by Gasteiger charge is -2.13. The molecule has 4 nitrogen and oxygen atoms in total. The minimum absolute atomic E-state index is 0.592. The second kappa shape index (κ2) is 8.84. The summed E-state index contributed by atoms with van der Waals surface area (Å²) in [4.78, 5) is 8.35. The van der Waals surface area contributed by atoms with Crippen molar-refractivity contribution in [1.82, 2.24) is 9.97 Å². The summed E-state index contributed by atoms with van der Waals surface area (Å²) in [5, 5.41) is 3.34. The smallest absolute Gasteiger partial charge is 0.145 e. The van der Waals surface area contributed by atoms with Crippen molar-refractivity contribution in [2.45, 2.75) is 33.1 Å². The van der Waals surface area contributed by atoms with Crippen molar-refractivity contribution in [2.24, 2.45) is 5.73 Å². The van der Waals surface area contributed by atoms with Gasteiger partial charge in [-0.05, 0) is 75.5 Å². The Morgan fingerprint density at radius 2 is 1.93 bits per heavy atom. The number of H-pyrrole nitrogens is 1. The third kappa shape index (κ3) is 3.87. The number of rotatable bonds is 7. The number of halogens is 2. The lowest BCUT2D eigenvalue weighted by atomic mass is 9.97. The zero-order valence-electron chi connectivity index (χ0n) is 17.2. The molecule has 30 heavy (non-hydrogen) atoms. The van der Waals surface area contributed by atoms with Crippen LogP contribution in [-0.4, -0.2) is 23.1 Å². The van der Waals surface area contributed by atoms with Gasteiger partial charge in [-0.3, -0.25) is 0 Å². The molecule has 0 aliphatic carbocycles. The fourth-order valence-corrected chi connectivity index (χ4v) is 4.63. The molecule has 0 bridgehead atoms. The molecule has 0 amide bonds. The first kappa shape index (κ1) is 21.0.